The smallest absolute Gasteiger partial charge is 0.0340 e. The van der Waals surface area contributed by atoms with Crippen molar-refractivity contribution in [2.45, 2.75) is 26.7 Å². The van der Waals surface area contributed by atoms with Crippen molar-refractivity contribution >= 4 is 11.3 Å². The van der Waals surface area contributed by atoms with Crippen LogP contribution in [-0.2, 0) is 6.42 Å². The van der Waals surface area contributed by atoms with Crippen LogP contribution in [0.25, 0.3) is 5.57 Å². The minimum Gasteiger partial charge on any atom is -0.388 e. The van der Waals surface area contributed by atoms with E-state index in [1.54, 1.807) is 0 Å². The molecular formula is C13H19N. The molecule has 0 radical (unpaired) electrons. The Morgan fingerprint density at radius 2 is 2.14 bits per heavy atom. The molecule has 1 aromatic carbocycles. The molecule has 1 rings (SSSR count). The van der Waals surface area contributed by atoms with Crippen LogP contribution in [0.1, 0.15) is 31.4 Å². The molecule has 0 spiro atoms. The summed E-state index contributed by atoms with van der Waals surface area (Å²) in [5.41, 5.74) is 5.02. The lowest BCUT2D eigenvalue weighted by Gasteiger charge is -2.10. The summed E-state index contributed by atoms with van der Waals surface area (Å²) in [6.07, 6.45) is 2.30. The number of benzene rings is 1. The Hall–Kier alpha value is -1.24. The normalized spacial score (nSPS) is 9.93. The van der Waals surface area contributed by atoms with Gasteiger partial charge in [-0.25, -0.2) is 0 Å². The molecule has 0 unspecified atom stereocenters. The van der Waals surface area contributed by atoms with E-state index in [0.717, 1.165) is 12.0 Å². The Labute approximate surface area is 86.8 Å². The molecular weight excluding hydrogens is 170 g/mol. The molecule has 1 heteroatoms. The second kappa shape index (κ2) is 4.85. The van der Waals surface area contributed by atoms with Gasteiger partial charge in [0.05, 0.1) is 0 Å². The number of allylic oxidation sites excluding steroid dienone is 1. The number of hydrogen-bond donors (Lipinski definition) is 1. The predicted molar refractivity (Wildman–Crippen MR) is 64.7 cm³/mol. The Balaban J connectivity index is 3.10. The van der Waals surface area contributed by atoms with Gasteiger partial charge in [-0.3, -0.25) is 0 Å². The fraction of sp³-hybridized carbons (Fsp3) is 0.385. The van der Waals surface area contributed by atoms with E-state index in [4.69, 9.17) is 0 Å². The monoisotopic (exact) mass is 189 g/mol. The average Bonchev–Trinajstić information content (AvgIpc) is 2.17. The highest BCUT2D eigenvalue weighted by atomic mass is 14.8. The molecule has 1 N–H and O–H groups in total. The first kappa shape index (κ1) is 10.8. The van der Waals surface area contributed by atoms with Crippen LogP contribution in [0.2, 0.25) is 0 Å². The van der Waals surface area contributed by atoms with Crippen LogP contribution in [0, 0.1) is 0 Å². The van der Waals surface area contributed by atoms with E-state index in [1.165, 1.54) is 23.2 Å². The lowest BCUT2D eigenvalue weighted by Crippen LogP contribution is -1.95. The summed E-state index contributed by atoms with van der Waals surface area (Å²) in [5.74, 6) is 0. The molecule has 0 fully saturated rings. The molecule has 0 heterocycles. The van der Waals surface area contributed by atoms with Gasteiger partial charge in [0.25, 0.3) is 0 Å². The Kier molecular flexibility index (Phi) is 3.75. The highest BCUT2D eigenvalue weighted by molar-refractivity contribution is 5.67. The molecule has 0 aliphatic carbocycles. The summed E-state index contributed by atoms with van der Waals surface area (Å²) in [6.45, 7) is 8.27. The van der Waals surface area contributed by atoms with Gasteiger partial charge in [0, 0.05) is 12.7 Å². The maximum atomic E-state index is 4.00. The molecule has 0 atom stereocenters. The van der Waals surface area contributed by atoms with Gasteiger partial charge in [-0.15, -0.1) is 0 Å². The van der Waals surface area contributed by atoms with Crippen LogP contribution in [0.5, 0.6) is 0 Å². The van der Waals surface area contributed by atoms with Gasteiger partial charge in [-0.2, -0.15) is 0 Å². The minimum absolute atomic E-state index is 1.12. The maximum absolute atomic E-state index is 4.00. The second-order valence-electron chi connectivity index (χ2n) is 3.65. The van der Waals surface area contributed by atoms with E-state index in [-0.39, 0.29) is 0 Å². The van der Waals surface area contributed by atoms with Crippen LogP contribution in [-0.4, -0.2) is 7.05 Å². The quantitative estimate of drug-likeness (QED) is 0.761. The fourth-order valence-electron chi connectivity index (χ4n) is 1.64. The van der Waals surface area contributed by atoms with Crippen molar-refractivity contribution in [2.24, 2.45) is 0 Å². The van der Waals surface area contributed by atoms with Crippen molar-refractivity contribution in [1.82, 2.24) is 0 Å². The van der Waals surface area contributed by atoms with E-state index in [0.29, 0.717) is 0 Å². The van der Waals surface area contributed by atoms with E-state index in [9.17, 15) is 0 Å². The highest BCUT2D eigenvalue weighted by Crippen LogP contribution is 2.22. The summed E-state index contributed by atoms with van der Waals surface area (Å²) in [6, 6.07) is 6.47. The fourth-order valence-corrected chi connectivity index (χ4v) is 1.64. The van der Waals surface area contributed by atoms with Crippen LogP contribution in [0.4, 0.5) is 5.69 Å². The van der Waals surface area contributed by atoms with Crippen molar-refractivity contribution in [3.05, 3.63) is 35.9 Å². The second-order valence-corrected chi connectivity index (χ2v) is 3.65. The van der Waals surface area contributed by atoms with Crippen molar-refractivity contribution < 1.29 is 0 Å². The third kappa shape index (κ3) is 2.38. The number of anilines is 1. The van der Waals surface area contributed by atoms with Crippen molar-refractivity contribution in [3.63, 3.8) is 0 Å². The third-order valence-corrected chi connectivity index (χ3v) is 2.37. The van der Waals surface area contributed by atoms with E-state index in [2.05, 4.69) is 43.9 Å². The zero-order chi connectivity index (χ0) is 10.6. The molecule has 76 valence electrons. The van der Waals surface area contributed by atoms with E-state index < -0.39 is 0 Å². The summed E-state index contributed by atoms with van der Waals surface area (Å²) >= 11 is 0. The summed E-state index contributed by atoms with van der Waals surface area (Å²) in [4.78, 5) is 0. The zero-order valence-electron chi connectivity index (χ0n) is 9.35. The first-order chi connectivity index (χ1) is 6.69. The minimum atomic E-state index is 1.12. The van der Waals surface area contributed by atoms with Crippen molar-refractivity contribution in [1.29, 1.82) is 0 Å². The molecule has 0 bridgehead atoms. The number of aryl methyl sites for hydroxylation is 1. The molecule has 0 aromatic heterocycles. The number of rotatable bonds is 4. The molecule has 0 aliphatic heterocycles. The largest absolute Gasteiger partial charge is 0.388 e. The van der Waals surface area contributed by atoms with E-state index >= 15 is 0 Å². The average molecular weight is 189 g/mol. The zero-order valence-corrected chi connectivity index (χ0v) is 9.35. The molecule has 14 heavy (non-hydrogen) atoms. The van der Waals surface area contributed by atoms with Gasteiger partial charge in [-0.1, -0.05) is 31.6 Å². The molecule has 1 nitrogen and oxygen atoms in total. The summed E-state index contributed by atoms with van der Waals surface area (Å²) in [5, 5.41) is 3.16. The van der Waals surface area contributed by atoms with Crippen LogP contribution < -0.4 is 5.32 Å². The SMILES string of the molecule is C=C(C)c1ccc(NC)cc1CCC. The van der Waals surface area contributed by atoms with Crippen LogP contribution in [0.15, 0.2) is 24.8 Å². The lowest BCUT2D eigenvalue weighted by atomic mass is 9.98. The van der Waals surface area contributed by atoms with Gasteiger partial charge in [0.1, 0.15) is 0 Å². The Morgan fingerprint density at radius 1 is 1.43 bits per heavy atom. The molecule has 0 aliphatic rings. The van der Waals surface area contributed by atoms with Crippen LogP contribution >= 0.6 is 0 Å². The van der Waals surface area contributed by atoms with Gasteiger partial charge in [-0.05, 0) is 36.6 Å². The van der Waals surface area contributed by atoms with Gasteiger partial charge in [0.15, 0.2) is 0 Å². The maximum Gasteiger partial charge on any atom is 0.0340 e. The Bertz CT molecular complexity index is 326. The molecule has 0 amide bonds. The highest BCUT2D eigenvalue weighted by Gasteiger charge is 2.03. The Morgan fingerprint density at radius 3 is 2.64 bits per heavy atom. The first-order valence-corrected chi connectivity index (χ1v) is 5.15. The van der Waals surface area contributed by atoms with E-state index in [1.807, 2.05) is 7.05 Å². The lowest BCUT2D eigenvalue weighted by molar-refractivity contribution is 0.918. The van der Waals surface area contributed by atoms with Crippen LogP contribution in [0.3, 0.4) is 0 Å². The topological polar surface area (TPSA) is 12.0 Å². The molecule has 0 saturated carbocycles. The van der Waals surface area contributed by atoms with Gasteiger partial charge in [0.2, 0.25) is 0 Å². The summed E-state index contributed by atoms with van der Waals surface area (Å²) in [7, 11) is 1.95. The third-order valence-electron chi connectivity index (χ3n) is 2.37. The van der Waals surface area contributed by atoms with Crippen molar-refractivity contribution in [2.75, 3.05) is 12.4 Å². The summed E-state index contributed by atoms with van der Waals surface area (Å²) < 4.78 is 0. The standard InChI is InChI=1S/C13H19N/c1-5-6-11-9-12(14-4)7-8-13(11)10(2)3/h7-9,14H,2,5-6H2,1,3-4H3. The van der Waals surface area contributed by atoms with Gasteiger partial charge < -0.3 is 5.32 Å². The number of nitrogens with one attached hydrogen (secondary N) is 1. The molecule has 1 aromatic rings. The van der Waals surface area contributed by atoms with Crippen molar-refractivity contribution in [3.8, 4) is 0 Å². The first-order valence-electron chi connectivity index (χ1n) is 5.15. The number of hydrogen-bond acceptors (Lipinski definition) is 1. The molecule has 0 saturated heterocycles. The van der Waals surface area contributed by atoms with Gasteiger partial charge >= 0.3 is 0 Å². The predicted octanol–water partition coefficient (Wildman–Crippen LogP) is 3.71.